The van der Waals surface area contributed by atoms with E-state index in [0.717, 1.165) is 32.1 Å². The molecule has 0 heterocycles. The number of rotatable bonds is 10. The Labute approximate surface area is 104 Å². The van der Waals surface area contributed by atoms with Crippen LogP contribution in [0.4, 0.5) is 0 Å². The van der Waals surface area contributed by atoms with Crippen LogP contribution in [0.2, 0.25) is 0 Å². The SMILES string of the molecule is C#CCCCCCC(C)OCC(=O)NCCN. The first-order valence-electron chi connectivity index (χ1n) is 6.22. The standard InChI is InChI=1S/C13H24N2O2/c1-3-4-5-6-7-8-12(2)17-11-13(16)15-10-9-14/h1,12H,4-11,14H2,2H3,(H,15,16). The minimum absolute atomic E-state index is 0.102. The average Bonchev–Trinajstić information content (AvgIpc) is 2.33. The summed E-state index contributed by atoms with van der Waals surface area (Å²) in [6, 6.07) is 0. The molecular weight excluding hydrogens is 216 g/mol. The molecule has 1 amide bonds. The van der Waals surface area contributed by atoms with Gasteiger partial charge in [-0.15, -0.1) is 12.3 Å². The number of terminal acetylenes is 1. The quantitative estimate of drug-likeness (QED) is 0.443. The zero-order chi connectivity index (χ0) is 12.9. The van der Waals surface area contributed by atoms with Gasteiger partial charge in [0.05, 0.1) is 6.10 Å². The Kier molecular flexibility index (Phi) is 10.7. The van der Waals surface area contributed by atoms with Crippen molar-refractivity contribution in [2.45, 2.75) is 45.1 Å². The number of nitrogens with two attached hydrogens (primary N) is 1. The van der Waals surface area contributed by atoms with Crippen LogP contribution in [0.15, 0.2) is 0 Å². The van der Waals surface area contributed by atoms with Gasteiger partial charge in [-0.05, 0) is 19.8 Å². The van der Waals surface area contributed by atoms with Gasteiger partial charge in [0, 0.05) is 19.5 Å². The number of carbonyl (C=O) groups is 1. The highest BCUT2D eigenvalue weighted by atomic mass is 16.5. The molecule has 0 fully saturated rings. The summed E-state index contributed by atoms with van der Waals surface area (Å²) in [6.45, 7) is 3.06. The number of nitrogens with one attached hydrogen (secondary N) is 1. The van der Waals surface area contributed by atoms with Gasteiger partial charge in [0.25, 0.3) is 0 Å². The van der Waals surface area contributed by atoms with Crippen LogP contribution < -0.4 is 11.1 Å². The van der Waals surface area contributed by atoms with Crippen LogP contribution in [-0.4, -0.2) is 31.7 Å². The number of ether oxygens (including phenoxy) is 1. The smallest absolute Gasteiger partial charge is 0.246 e. The van der Waals surface area contributed by atoms with E-state index in [0.29, 0.717) is 13.1 Å². The lowest BCUT2D eigenvalue weighted by Crippen LogP contribution is -2.33. The molecule has 0 bridgehead atoms. The summed E-state index contributed by atoms with van der Waals surface area (Å²) in [7, 11) is 0. The van der Waals surface area contributed by atoms with Crippen molar-refractivity contribution in [2.75, 3.05) is 19.7 Å². The molecule has 0 aromatic heterocycles. The maximum Gasteiger partial charge on any atom is 0.246 e. The molecule has 4 heteroatoms. The molecule has 1 atom stereocenters. The average molecular weight is 240 g/mol. The fourth-order valence-corrected chi connectivity index (χ4v) is 1.40. The topological polar surface area (TPSA) is 64.3 Å². The van der Waals surface area contributed by atoms with E-state index in [1.54, 1.807) is 0 Å². The summed E-state index contributed by atoms with van der Waals surface area (Å²) in [4.78, 5) is 11.2. The van der Waals surface area contributed by atoms with Crippen LogP contribution in [-0.2, 0) is 9.53 Å². The van der Waals surface area contributed by atoms with E-state index in [4.69, 9.17) is 16.9 Å². The predicted molar refractivity (Wildman–Crippen MR) is 69.4 cm³/mol. The molecule has 0 saturated heterocycles. The van der Waals surface area contributed by atoms with Crippen molar-refractivity contribution in [1.82, 2.24) is 5.32 Å². The predicted octanol–water partition coefficient (Wildman–Crippen LogP) is 1.05. The summed E-state index contributed by atoms with van der Waals surface area (Å²) in [5, 5.41) is 2.66. The molecule has 0 saturated carbocycles. The van der Waals surface area contributed by atoms with Crippen molar-refractivity contribution in [3.8, 4) is 12.3 Å². The summed E-state index contributed by atoms with van der Waals surface area (Å²) in [6.07, 6.45) is 10.4. The lowest BCUT2D eigenvalue weighted by atomic mass is 10.1. The van der Waals surface area contributed by atoms with Crippen LogP contribution >= 0.6 is 0 Å². The van der Waals surface area contributed by atoms with Crippen LogP contribution in [0, 0.1) is 12.3 Å². The molecule has 0 aromatic rings. The van der Waals surface area contributed by atoms with E-state index in [2.05, 4.69) is 11.2 Å². The maximum atomic E-state index is 11.2. The first-order valence-corrected chi connectivity index (χ1v) is 6.22. The third kappa shape index (κ3) is 11.2. The molecule has 0 aliphatic rings. The normalized spacial score (nSPS) is 11.8. The van der Waals surface area contributed by atoms with Gasteiger partial charge in [-0.1, -0.05) is 12.8 Å². The van der Waals surface area contributed by atoms with Crippen molar-refractivity contribution < 1.29 is 9.53 Å². The molecule has 4 nitrogen and oxygen atoms in total. The van der Waals surface area contributed by atoms with E-state index < -0.39 is 0 Å². The van der Waals surface area contributed by atoms with Crippen LogP contribution in [0.25, 0.3) is 0 Å². The summed E-state index contributed by atoms with van der Waals surface area (Å²) in [5.41, 5.74) is 5.27. The largest absolute Gasteiger partial charge is 0.369 e. The highest BCUT2D eigenvalue weighted by Crippen LogP contribution is 2.07. The van der Waals surface area contributed by atoms with Gasteiger partial charge >= 0.3 is 0 Å². The summed E-state index contributed by atoms with van der Waals surface area (Å²) < 4.78 is 5.41. The number of hydrogen-bond donors (Lipinski definition) is 2. The van der Waals surface area contributed by atoms with Gasteiger partial charge in [0.1, 0.15) is 6.61 Å². The van der Waals surface area contributed by atoms with Crippen molar-refractivity contribution in [3.05, 3.63) is 0 Å². The van der Waals surface area contributed by atoms with Gasteiger partial charge in [-0.2, -0.15) is 0 Å². The second-order valence-electron chi connectivity index (χ2n) is 4.06. The molecule has 17 heavy (non-hydrogen) atoms. The molecule has 1 unspecified atom stereocenters. The molecule has 98 valence electrons. The molecular formula is C13H24N2O2. The third-order valence-corrected chi connectivity index (χ3v) is 2.40. The minimum Gasteiger partial charge on any atom is -0.369 e. The fourth-order valence-electron chi connectivity index (χ4n) is 1.40. The number of hydrogen-bond acceptors (Lipinski definition) is 3. The van der Waals surface area contributed by atoms with E-state index in [9.17, 15) is 4.79 Å². The first-order chi connectivity index (χ1) is 8.20. The molecule has 0 aliphatic heterocycles. The van der Waals surface area contributed by atoms with Gasteiger partial charge in [-0.25, -0.2) is 0 Å². The Balaban J connectivity index is 3.36. The number of carbonyl (C=O) groups excluding carboxylic acids is 1. The van der Waals surface area contributed by atoms with Crippen molar-refractivity contribution in [1.29, 1.82) is 0 Å². The lowest BCUT2D eigenvalue weighted by Gasteiger charge is -2.12. The highest BCUT2D eigenvalue weighted by molar-refractivity contribution is 5.77. The molecule has 0 aromatic carbocycles. The van der Waals surface area contributed by atoms with E-state index in [1.165, 1.54) is 0 Å². The molecule has 0 rings (SSSR count). The third-order valence-electron chi connectivity index (χ3n) is 2.40. The Bertz CT molecular complexity index is 236. The zero-order valence-corrected chi connectivity index (χ0v) is 10.7. The van der Waals surface area contributed by atoms with E-state index >= 15 is 0 Å². The molecule has 0 aliphatic carbocycles. The zero-order valence-electron chi connectivity index (χ0n) is 10.7. The van der Waals surface area contributed by atoms with Crippen molar-refractivity contribution in [2.24, 2.45) is 5.73 Å². The van der Waals surface area contributed by atoms with Crippen molar-refractivity contribution in [3.63, 3.8) is 0 Å². The molecule has 3 N–H and O–H groups in total. The lowest BCUT2D eigenvalue weighted by molar-refractivity contribution is -0.127. The van der Waals surface area contributed by atoms with Crippen LogP contribution in [0.5, 0.6) is 0 Å². The first kappa shape index (κ1) is 16.0. The van der Waals surface area contributed by atoms with Crippen molar-refractivity contribution >= 4 is 5.91 Å². The van der Waals surface area contributed by atoms with Crippen LogP contribution in [0.3, 0.4) is 0 Å². The Hall–Kier alpha value is -1.05. The van der Waals surface area contributed by atoms with E-state index in [1.807, 2.05) is 6.92 Å². The Morgan fingerprint density at radius 3 is 2.88 bits per heavy atom. The minimum atomic E-state index is -0.102. The summed E-state index contributed by atoms with van der Waals surface area (Å²) in [5.74, 6) is 2.52. The van der Waals surface area contributed by atoms with Gasteiger partial charge < -0.3 is 15.8 Å². The van der Waals surface area contributed by atoms with E-state index in [-0.39, 0.29) is 18.6 Å². The summed E-state index contributed by atoms with van der Waals surface area (Å²) >= 11 is 0. The second kappa shape index (κ2) is 11.4. The second-order valence-corrected chi connectivity index (χ2v) is 4.06. The van der Waals surface area contributed by atoms with Gasteiger partial charge in [0.15, 0.2) is 0 Å². The Morgan fingerprint density at radius 2 is 2.24 bits per heavy atom. The Morgan fingerprint density at radius 1 is 1.47 bits per heavy atom. The molecule has 0 radical (unpaired) electrons. The van der Waals surface area contributed by atoms with Gasteiger partial charge in [0.2, 0.25) is 5.91 Å². The van der Waals surface area contributed by atoms with Crippen LogP contribution in [0.1, 0.15) is 39.0 Å². The highest BCUT2D eigenvalue weighted by Gasteiger charge is 2.05. The fraction of sp³-hybridized carbons (Fsp3) is 0.769. The number of unbranched alkanes of at least 4 members (excludes halogenated alkanes) is 3. The van der Waals surface area contributed by atoms with Gasteiger partial charge in [-0.3, -0.25) is 4.79 Å². The monoisotopic (exact) mass is 240 g/mol. The maximum absolute atomic E-state index is 11.2. The molecule has 0 spiro atoms. The number of amides is 1.